The quantitative estimate of drug-likeness (QED) is 0.590. The molecule has 5 nitrogen and oxygen atoms in total. The molecule has 26 heavy (non-hydrogen) atoms. The zero-order valence-electron chi connectivity index (χ0n) is 15.4. The molecule has 1 aromatic heterocycles. The number of aromatic nitrogens is 1. The summed E-state index contributed by atoms with van der Waals surface area (Å²) < 4.78 is 5.93. The summed E-state index contributed by atoms with van der Waals surface area (Å²) in [5.41, 5.74) is 2.12. The van der Waals surface area contributed by atoms with Crippen molar-refractivity contribution in [1.29, 1.82) is 0 Å². The van der Waals surface area contributed by atoms with Crippen molar-refractivity contribution in [2.75, 3.05) is 6.54 Å². The highest BCUT2D eigenvalue weighted by Crippen LogP contribution is 2.19. The molecule has 0 spiro atoms. The van der Waals surface area contributed by atoms with Gasteiger partial charge in [0.2, 0.25) is 5.88 Å². The zero-order chi connectivity index (χ0) is 18.0. The number of nitrogens with zero attached hydrogens (tertiary/aromatic N) is 2. The fraction of sp³-hybridized carbons (Fsp3) is 0.429. The molecule has 2 N–H and O–H groups in total. The second-order valence-electron chi connectivity index (χ2n) is 6.56. The normalized spacial score (nSPS) is 15.0. The smallest absolute Gasteiger partial charge is 0.218 e. The first kappa shape index (κ1) is 18.2. The van der Waals surface area contributed by atoms with E-state index < -0.39 is 0 Å². The minimum Gasteiger partial charge on any atom is -0.473 e. The Morgan fingerprint density at radius 3 is 2.73 bits per heavy atom. The topological polar surface area (TPSA) is 58.5 Å². The molecular weight excluding hydrogens is 324 g/mol. The van der Waals surface area contributed by atoms with E-state index in [1.165, 1.54) is 25.7 Å². The Bertz CT molecular complexity index is 696. The van der Waals surface area contributed by atoms with Crippen molar-refractivity contribution >= 4 is 5.96 Å². The lowest BCUT2D eigenvalue weighted by Crippen LogP contribution is -2.42. The third-order valence-corrected chi connectivity index (χ3v) is 4.52. The lowest BCUT2D eigenvalue weighted by molar-refractivity contribution is 0.290. The fourth-order valence-corrected chi connectivity index (χ4v) is 3.15. The van der Waals surface area contributed by atoms with Gasteiger partial charge in [0, 0.05) is 24.3 Å². The van der Waals surface area contributed by atoms with Crippen molar-refractivity contribution < 1.29 is 4.74 Å². The van der Waals surface area contributed by atoms with Crippen LogP contribution in [0.1, 0.15) is 43.7 Å². The molecule has 1 aromatic carbocycles. The van der Waals surface area contributed by atoms with Crippen LogP contribution in [-0.4, -0.2) is 23.5 Å². The minimum atomic E-state index is 0.509. The number of ether oxygens (including phenoxy) is 1. The number of pyridine rings is 1. The minimum absolute atomic E-state index is 0.509. The Labute approximate surface area is 155 Å². The first-order valence-electron chi connectivity index (χ1n) is 9.50. The lowest BCUT2D eigenvalue weighted by Gasteiger charge is -2.17. The predicted molar refractivity (Wildman–Crippen MR) is 105 cm³/mol. The molecule has 1 fully saturated rings. The maximum Gasteiger partial charge on any atom is 0.218 e. The number of guanidine groups is 1. The number of aliphatic imine (C=N–C) groups is 1. The van der Waals surface area contributed by atoms with Crippen molar-refractivity contribution in [3.05, 3.63) is 59.8 Å². The fourth-order valence-electron chi connectivity index (χ4n) is 3.15. The second kappa shape index (κ2) is 9.80. The summed E-state index contributed by atoms with van der Waals surface area (Å²) in [4.78, 5) is 9.13. The van der Waals surface area contributed by atoms with Crippen molar-refractivity contribution in [3.63, 3.8) is 0 Å². The summed E-state index contributed by atoms with van der Waals surface area (Å²) in [6.07, 6.45) is 6.81. The zero-order valence-corrected chi connectivity index (χ0v) is 15.4. The standard InChI is InChI=1S/C21H28N4O/c1-2-22-21(25-19-12-6-7-13-19)24-15-18-11-8-14-23-20(18)26-16-17-9-4-3-5-10-17/h3-5,8-11,14,19H,2,6-7,12-13,15-16H2,1H3,(H2,22,24,25). The molecule has 1 heterocycles. The van der Waals surface area contributed by atoms with E-state index in [2.05, 4.69) is 34.7 Å². The van der Waals surface area contributed by atoms with E-state index in [1.807, 2.05) is 30.3 Å². The average Bonchev–Trinajstić information content (AvgIpc) is 3.19. The van der Waals surface area contributed by atoms with Gasteiger partial charge in [0.05, 0.1) is 6.54 Å². The van der Waals surface area contributed by atoms with Crippen LogP contribution in [0.4, 0.5) is 0 Å². The van der Waals surface area contributed by atoms with Gasteiger partial charge in [-0.15, -0.1) is 0 Å². The van der Waals surface area contributed by atoms with Crippen LogP contribution in [0.15, 0.2) is 53.7 Å². The van der Waals surface area contributed by atoms with Gasteiger partial charge in [0.15, 0.2) is 5.96 Å². The number of benzene rings is 1. The summed E-state index contributed by atoms with van der Waals surface area (Å²) in [7, 11) is 0. The molecule has 0 aliphatic heterocycles. The molecule has 1 aliphatic rings. The van der Waals surface area contributed by atoms with Crippen LogP contribution in [-0.2, 0) is 13.2 Å². The van der Waals surface area contributed by atoms with Gasteiger partial charge >= 0.3 is 0 Å². The summed E-state index contributed by atoms with van der Waals surface area (Å²) in [5, 5.41) is 6.88. The molecular formula is C21H28N4O. The van der Waals surface area contributed by atoms with E-state index in [-0.39, 0.29) is 0 Å². The summed E-state index contributed by atoms with van der Waals surface area (Å²) in [5.74, 6) is 1.52. The molecule has 0 unspecified atom stereocenters. The van der Waals surface area contributed by atoms with Crippen molar-refractivity contribution in [2.45, 2.75) is 51.8 Å². The maximum atomic E-state index is 5.93. The Morgan fingerprint density at radius 1 is 1.15 bits per heavy atom. The van der Waals surface area contributed by atoms with Crippen LogP contribution >= 0.6 is 0 Å². The van der Waals surface area contributed by atoms with Gasteiger partial charge in [0.25, 0.3) is 0 Å². The van der Waals surface area contributed by atoms with E-state index in [0.717, 1.165) is 23.6 Å². The predicted octanol–water partition coefficient (Wildman–Crippen LogP) is 3.66. The number of nitrogens with one attached hydrogen (secondary N) is 2. The van der Waals surface area contributed by atoms with Crippen LogP contribution in [0.5, 0.6) is 5.88 Å². The van der Waals surface area contributed by atoms with E-state index in [4.69, 9.17) is 9.73 Å². The van der Waals surface area contributed by atoms with Gasteiger partial charge in [-0.3, -0.25) is 0 Å². The third kappa shape index (κ3) is 5.48. The molecule has 2 aromatic rings. The van der Waals surface area contributed by atoms with Gasteiger partial charge < -0.3 is 15.4 Å². The average molecular weight is 352 g/mol. The van der Waals surface area contributed by atoms with Crippen LogP contribution < -0.4 is 15.4 Å². The van der Waals surface area contributed by atoms with Crippen LogP contribution in [0, 0.1) is 0 Å². The van der Waals surface area contributed by atoms with Crippen molar-refractivity contribution in [2.24, 2.45) is 4.99 Å². The number of hydrogen-bond acceptors (Lipinski definition) is 3. The van der Waals surface area contributed by atoms with Crippen molar-refractivity contribution in [3.8, 4) is 5.88 Å². The molecule has 0 radical (unpaired) electrons. The van der Waals surface area contributed by atoms with Gasteiger partial charge in [0.1, 0.15) is 6.61 Å². The number of rotatable bonds is 7. The van der Waals surface area contributed by atoms with Gasteiger partial charge in [-0.25, -0.2) is 9.98 Å². The van der Waals surface area contributed by atoms with Crippen LogP contribution in [0.2, 0.25) is 0 Å². The molecule has 0 bridgehead atoms. The Hall–Kier alpha value is -2.56. The van der Waals surface area contributed by atoms with Crippen LogP contribution in [0.3, 0.4) is 0 Å². The monoisotopic (exact) mass is 352 g/mol. The van der Waals surface area contributed by atoms with E-state index in [9.17, 15) is 0 Å². The van der Waals surface area contributed by atoms with Gasteiger partial charge in [-0.05, 0) is 31.4 Å². The molecule has 0 amide bonds. The van der Waals surface area contributed by atoms with E-state index >= 15 is 0 Å². The lowest BCUT2D eigenvalue weighted by atomic mass is 10.2. The molecule has 1 aliphatic carbocycles. The Balaban J connectivity index is 1.63. The SMILES string of the molecule is CCNC(=NCc1cccnc1OCc1ccccc1)NC1CCCC1. The van der Waals surface area contributed by atoms with Crippen LogP contribution in [0.25, 0.3) is 0 Å². The highest BCUT2D eigenvalue weighted by atomic mass is 16.5. The molecule has 1 saturated carbocycles. The third-order valence-electron chi connectivity index (χ3n) is 4.52. The number of hydrogen-bond donors (Lipinski definition) is 2. The largest absolute Gasteiger partial charge is 0.473 e. The summed E-state index contributed by atoms with van der Waals surface area (Å²) in [6, 6.07) is 14.6. The highest BCUT2D eigenvalue weighted by molar-refractivity contribution is 5.80. The van der Waals surface area contributed by atoms with Gasteiger partial charge in [-0.1, -0.05) is 49.2 Å². The van der Waals surface area contributed by atoms with E-state index in [1.54, 1.807) is 6.20 Å². The summed E-state index contributed by atoms with van der Waals surface area (Å²) >= 11 is 0. The first-order chi connectivity index (χ1) is 12.8. The molecule has 0 saturated heterocycles. The van der Waals surface area contributed by atoms with Crippen molar-refractivity contribution in [1.82, 2.24) is 15.6 Å². The molecule has 3 rings (SSSR count). The van der Waals surface area contributed by atoms with Gasteiger partial charge in [-0.2, -0.15) is 0 Å². The first-order valence-corrected chi connectivity index (χ1v) is 9.50. The van der Waals surface area contributed by atoms with E-state index in [0.29, 0.717) is 25.1 Å². The summed E-state index contributed by atoms with van der Waals surface area (Å²) in [6.45, 7) is 3.99. The Morgan fingerprint density at radius 2 is 1.96 bits per heavy atom. The molecule has 0 atom stereocenters. The highest BCUT2D eigenvalue weighted by Gasteiger charge is 2.16. The maximum absolute atomic E-state index is 5.93. The molecule has 5 heteroatoms. The second-order valence-corrected chi connectivity index (χ2v) is 6.56. The Kier molecular flexibility index (Phi) is 6.88. The molecule has 138 valence electrons.